The van der Waals surface area contributed by atoms with Crippen LogP contribution in [0.2, 0.25) is 5.02 Å². The Morgan fingerprint density at radius 2 is 2.21 bits per heavy atom. The topological polar surface area (TPSA) is 24.1 Å². The summed E-state index contributed by atoms with van der Waals surface area (Å²) >= 11 is 5.96. The highest BCUT2D eigenvalue weighted by molar-refractivity contribution is 6.31. The summed E-state index contributed by atoms with van der Waals surface area (Å²) in [5, 5.41) is 7.08. The molecule has 1 heterocycles. The number of rotatable bonds is 1. The van der Waals surface area contributed by atoms with Gasteiger partial charge in [0.1, 0.15) is 5.82 Å². The van der Waals surface area contributed by atoms with Gasteiger partial charge >= 0.3 is 0 Å². The van der Waals surface area contributed by atoms with Crippen molar-refractivity contribution in [3.8, 4) is 0 Å². The molecule has 0 spiro atoms. The molecular weight excluding hydrogens is 203 g/mol. The first-order chi connectivity index (χ1) is 6.77. The first-order valence-corrected chi connectivity index (χ1v) is 5.04. The van der Waals surface area contributed by atoms with E-state index in [4.69, 9.17) is 11.6 Å². The molecule has 4 heteroatoms. The minimum absolute atomic E-state index is 0.192. The van der Waals surface area contributed by atoms with Crippen molar-refractivity contribution < 1.29 is 4.39 Å². The molecular formula is C10H12ClFN2. The normalized spacial score (nSPS) is 22.3. The lowest BCUT2D eigenvalue weighted by atomic mass is 10.1. The van der Waals surface area contributed by atoms with E-state index in [0.29, 0.717) is 5.02 Å². The van der Waals surface area contributed by atoms with E-state index in [2.05, 4.69) is 10.6 Å². The van der Waals surface area contributed by atoms with Gasteiger partial charge in [-0.05, 0) is 17.7 Å². The number of halogens is 2. The average molecular weight is 215 g/mol. The second-order valence-corrected chi connectivity index (χ2v) is 3.78. The van der Waals surface area contributed by atoms with Gasteiger partial charge in [0.25, 0.3) is 0 Å². The molecule has 0 unspecified atom stereocenters. The fourth-order valence-corrected chi connectivity index (χ4v) is 1.96. The van der Waals surface area contributed by atoms with Crippen LogP contribution in [0.3, 0.4) is 0 Å². The Hall–Kier alpha value is -0.640. The second kappa shape index (κ2) is 4.26. The predicted molar refractivity (Wildman–Crippen MR) is 55.0 cm³/mol. The summed E-state index contributed by atoms with van der Waals surface area (Å²) in [6.07, 6.45) is 0. The third-order valence-electron chi connectivity index (χ3n) is 2.38. The minimum Gasteiger partial charge on any atom is -0.314 e. The van der Waals surface area contributed by atoms with Gasteiger partial charge in [0.2, 0.25) is 0 Å². The number of nitrogens with one attached hydrogen (secondary N) is 2. The molecule has 2 rings (SSSR count). The van der Waals surface area contributed by atoms with E-state index in [1.54, 1.807) is 6.07 Å². The van der Waals surface area contributed by atoms with Crippen molar-refractivity contribution in [2.75, 3.05) is 19.6 Å². The van der Waals surface area contributed by atoms with Gasteiger partial charge in [-0.25, -0.2) is 4.39 Å². The van der Waals surface area contributed by atoms with Gasteiger partial charge in [-0.3, -0.25) is 0 Å². The fourth-order valence-electron chi connectivity index (χ4n) is 1.66. The van der Waals surface area contributed by atoms with Crippen molar-refractivity contribution in [2.24, 2.45) is 0 Å². The predicted octanol–water partition coefficient (Wildman–Crippen LogP) is 1.71. The molecule has 76 valence electrons. The summed E-state index contributed by atoms with van der Waals surface area (Å²) in [6.45, 7) is 2.72. The van der Waals surface area contributed by atoms with Gasteiger partial charge in [0.05, 0.1) is 0 Å². The molecule has 1 atom stereocenters. The van der Waals surface area contributed by atoms with E-state index < -0.39 is 0 Å². The van der Waals surface area contributed by atoms with Gasteiger partial charge < -0.3 is 10.6 Å². The van der Waals surface area contributed by atoms with Gasteiger partial charge in [-0.1, -0.05) is 17.7 Å². The zero-order valence-corrected chi connectivity index (χ0v) is 8.44. The maximum absolute atomic E-state index is 12.8. The zero-order valence-electron chi connectivity index (χ0n) is 7.69. The van der Waals surface area contributed by atoms with E-state index in [0.717, 1.165) is 25.2 Å². The lowest BCUT2D eigenvalue weighted by Gasteiger charge is -2.25. The third-order valence-corrected chi connectivity index (χ3v) is 2.71. The van der Waals surface area contributed by atoms with Crippen molar-refractivity contribution >= 4 is 11.6 Å². The van der Waals surface area contributed by atoms with E-state index in [-0.39, 0.29) is 11.9 Å². The molecule has 1 aliphatic heterocycles. The van der Waals surface area contributed by atoms with Crippen LogP contribution in [0.4, 0.5) is 4.39 Å². The monoisotopic (exact) mass is 214 g/mol. The summed E-state index contributed by atoms with van der Waals surface area (Å²) in [5.41, 5.74) is 0.959. The maximum Gasteiger partial charge on any atom is 0.124 e. The van der Waals surface area contributed by atoms with Gasteiger partial charge in [-0.2, -0.15) is 0 Å². The summed E-state index contributed by atoms with van der Waals surface area (Å²) in [4.78, 5) is 0. The molecule has 0 saturated carbocycles. The van der Waals surface area contributed by atoms with Crippen LogP contribution < -0.4 is 10.6 Å². The number of hydrogen-bond donors (Lipinski definition) is 2. The van der Waals surface area contributed by atoms with Crippen molar-refractivity contribution in [3.05, 3.63) is 34.6 Å². The summed E-state index contributed by atoms with van der Waals surface area (Å²) < 4.78 is 12.8. The Morgan fingerprint density at radius 3 is 2.86 bits per heavy atom. The number of benzene rings is 1. The van der Waals surface area contributed by atoms with Crippen LogP contribution in [-0.4, -0.2) is 19.6 Å². The molecule has 1 fully saturated rings. The highest BCUT2D eigenvalue weighted by atomic mass is 35.5. The quantitative estimate of drug-likeness (QED) is 0.744. The molecule has 0 radical (unpaired) electrons. The summed E-state index contributed by atoms with van der Waals surface area (Å²) in [7, 11) is 0. The first-order valence-electron chi connectivity index (χ1n) is 4.66. The molecule has 1 aromatic carbocycles. The Labute approximate surface area is 87.5 Å². The summed E-state index contributed by atoms with van der Waals surface area (Å²) in [5.74, 6) is -0.289. The molecule has 0 bridgehead atoms. The molecule has 1 saturated heterocycles. The maximum atomic E-state index is 12.8. The van der Waals surface area contributed by atoms with Crippen molar-refractivity contribution in [1.29, 1.82) is 0 Å². The van der Waals surface area contributed by atoms with E-state index in [1.165, 1.54) is 12.1 Å². The molecule has 2 nitrogen and oxygen atoms in total. The summed E-state index contributed by atoms with van der Waals surface area (Å²) in [6, 6.07) is 4.73. The highest BCUT2D eigenvalue weighted by Crippen LogP contribution is 2.24. The zero-order chi connectivity index (χ0) is 9.97. The van der Waals surface area contributed by atoms with Crippen LogP contribution in [-0.2, 0) is 0 Å². The first kappa shape index (κ1) is 9.90. The molecule has 0 aromatic heterocycles. The van der Waals surface area contributed by atoms with E-state index in [1.807, 2.05) is 0 Å². The number of piperazine rings is 1. The lowest BCUT2D eigenvalue weighted by molar-refractivity contribution is 0.430. The van der Waals surface area contributed by atoms with Gasteiger partial charge in [0.15, 0.2) is 0 Å². The van der Waals surface area contributed by atoms with E-state index >= 15 is 0 Å². The SMILES string of the molecule is Fc1ccc([C@@H]2CNCCN2)c(Cl)c1. The fraction of sp³-hybridized carbons (Fsp3) is 0.400. The minimum atomic E-state index is -0.289. The Balaban J connectivity index is 2.22. The van der Waals surface area contributed by atoms with Crippen LogP contribution in [0.15, 0.2) is 18.2 Å². The van der Waals surface area contributed by atoms with Crippen LogP contribution in [0.25, 0.3) is 0 Å². The molecule has 1 aliphatic rings. The highest BCUT2D eigenvalue weighted by Gasteiger charge is 2.16. The standard InChI is InChI=1S/C10H12ClFN2/c11-9-5-7(12)1-2-8(9)10-6-13-3-4-14-10/h1-2,5,10,13-14H,3-4,6H2/t10-/m0/s1. The molecule has 2 N–H and O–H groups in total. The molecule has 0 amide bonds. The van der Waals surface area contributed by atoms with Crippen LogP contribution in [0, 0.1) is 5.82 Å². The molecule has 1 aromatic rings. The second-order valence-electron chi connectivity index (χ2n) is 3.38. The molecule has 14 heavy (non-hydrogen) atoms. The largest absolute Gasteiger partial charge is 0.314 e. The van der Waals surface area contributed by atoms with Gasteiger partial charge in [0, 0.05) is 30.7 Å². The van der Waals surface area contributed by atoms with Crippen LogP contribution >= 0.6 is 11.6 Å². The van der Waals surface area contributed by atoms with Crippen LogP contribution in [0.5, 0.6) is 0 Å². The Morgan fingerprint density at radius 1 is 1.36 bits per heavy atom. The van der Waals surface area contributed by atoms with Crippen molar-refractivity contribution in [2.45, 2.75) is 6.04 Å². The van der Waals surface area contributed by atoms with E-state index in [9.17, 15) is 4.39 Å². The van der Waals surface area contributed by atoms with Crippen molar-refractivity contribution in [1.82, 2.24) is 10.6 Å². The average Bonchev–Trinajstić information content (AvgIpc) is 2.19. The Bertz CT molecular complexity index is 324. The van der Waals surface area contributed by atoms with Crippen LogP contribution in [0.1, 0.15) is 11.6 Å². The molecule has 0 aliphatic carbocycles. The number of hydrogen-bond acceptors (Lipinski definition) is 2. The third kappa shape index (κ3) is 2.05. The smallest absolute Gasteiger partial charge is 0.124 e. The van der Waals surface area contributed by atoms with Crippen molar-refractivity contribution in [3.63, 3.8) is 0 Å². The Kier molecular flexibility index (Phi) is 3.01. The lowest BCUT2D eigenvalue weighted by Crippen LogP contribution is -2.42. The van der Waals surface area contributed by atoms with Gasteiger partial charge in [-0.15, -0.1) is 0 Å².